The van der Waals surface area contributed by atoms with Gasteiger partial charge in [0.25, 0.3) is 0 Å². The first-order valence-corrected chi connectivity index (χ1v) is 4.29. The largest absolute Gasteiger partial charge is 0.314 e. The molecule has 1 saturated heterocycles. The fourth-order valence-corrected chi connectivity index (χ4v) is 1.18. The molecule has 1 aromatic heterocycles. The van der Waals surface area contributed by atoms with Crippen LogP contribution in [-0.2, 0) is 6.54 Å². The SMILES string of the molecule is c1ccc(CNC2CNC2)nc1. The van der Waals surface area contributed by atoms with Crippen LogP contribution in [0, 0.1) is 0 Å². The van der Waals surface area contributed by atoms with E-state index < -0.39 is 0 Å². The topological polar surface area (TPSA) is 37.0 Å². The molecule has 1 aliphatic rings. The van der Waals surface area contributed by atoms with Gasteiger partial charge in [0.2, 0.25) is 0 Å². The minimum atomic E-state index is 0.645. The molecule has 3 nitrogen and oxygen atoms in total. The van der Waals surface area contributed by atoms with Crippen LogP contribution >= 0.6 is 0 Å². The summed E-state index contributed by atoms with van der Waals surface area (Å²) in [7, 11) is 0. The van der Waals surface area contributed by atoms with Gasteiger partial charge in [-0.3, -0.25) is 4.98 Å². The Bertz CT molecular complexity index is 231. The fourth-order valence-electron chi connectivity index (χ4n) is 1.18. The molecule has 0 saturated carbocycles. The molecule has 1 fully saturated rings. The quantitative estimate of drug-likeness (QED) is 0.665. The summed E-state index contributed by atoms with van der Waals surface area (Å²) in [6, 6.07) is 6.64. The van der Waals surface area contributed by atoms with Crippen LogP contribution in [0.4, 0.5) is 0 Å². The van der Waals surface area contributed by atoms with E-state index in [1.807, 2.05) is 24.4 Å². The zero-order valence-electron chi connectivity index (χ0n) is 6.96. The van der Waals surface area contributed by atoms with Gasteiger partial charge >= 0.3 is 0 Å². The maximum atomic E-state index is 4.23. The highest BCUT2D eigenvalue weighted by atomic mass is 15.1. The normalized spacial score (nSPS) is 17.3. The van der Waals surface area contributed by atoms with E-state index in [4.69, 9.17) is 0 Å². The molecule has 0 radical (unpaired) electrons. The summed E-state index contributed by atoms with van der Waals surface area (Å²) in [5.41, 5.74) is 1.12. The molecule has 0 aromatic carbocycles. The number of hydrogen-bond donors (Lipinski definition) is 2. The second-order valence-electron chi connectivity index (χ2n) is 3.06. The van der Waals surface area contributed by atoms with E-state index in [0.29, 0.717) is 6.04 Å². The van der Waals surface area contributed by atoms with Gasteiger partial charge in [0.05, 0.1) is 5.69 Å². The highest BCUT2D eigenvalue weighted by molar-refractivity contribution is 5.03. The molecule has 2 N–H and O–H groups in total. The van der Waals surface area contributed by atoms with Crippen LogP contribution in [0.3, 0.4) is 0 Å². The number of rotatable bonds is 3. The highest BCUT2D eigenvalue weighted by Gasteiger charge is 2.14. The molecule has 0 spiro atoms. The van der Waals surface area contributed by atoms with Gasteiger partial charge in [-0.25, -0.2) is 0 Å². The van der Waals surface area contributed by atoms with E-state index in [9.17, 15) is 0 Å². The van der Waals surface area contributed by atoms with Gasteiger partial charge in [-0.15, -0.1) is 0 Å². The molecule has 1 aromatic rings. The standard InChI is InChI=1S/C9H13N3/c1-2-4-11-8(3-1)7-12-9-5-10-6-9/h1-4,9-10,12H,5-7H2. The Morgan fingerprint density at radius 3 is 3.00 bits per heavy atom. The first-order chi connectivity index (χ1) is 5.95. The third kappa shape index (κ3) is 1.81. The molecular formula is C9H13N3. The smallest absolute Gasteiger partial charge is 0.0541 e. The highest BCUT2D eigenvalue weighted by Crippen LogP contribution is 1.95. The zero-order valence-corrected chi connectivity index (χ0v) is 6.96. The molecule has 3 heteroatoms. The first kappa shape index (κ1) is 7.71. The van der Waals surface area contributed by atoms with Crippen molar-refractivity contribution in [2.24, 2.45) is 0 Å². The summed E-state index contributed by atoms with van der Waals surface area (Å²) in [4.78, 5) is 4.23. The van der Waals surface area contributed by atoms with E-state index in [1.165, 1.54) is 0 Å². The third-order valence-electron chi connectivity index (χ3n) is 2.08. The predicted molar refractivity (Wildman–Crippen MR) is 47.7 cm³/mol. The zero-order chi connectivity index (χ0) is 8.23. The van der Waals surface area contributed by atoms with Crippen LogP contribution in [-0.4, -0.2) is 24.1 Å². The molecule has 2 heterocycles. The van der Waals surface area contributed by atoms with Crippen LogP contribution in [0.25, 0.3) is 0 Å². The van der Waals surface area contributed by atoms with Crippen molar-refractivity contribution in [1.29, 1.82) is 0 Å². The van der Waals surface area contributed by atoms with Crippen LogP contribution in [0.5, 0.6) is 0 Å². The van der Waals surface area contributed by atoms with Crippen molar-refractivity contribution in [3.05, 3.63) is 30.1 Å². The Hall–Kier alpha value is -0.930. The van der Waals surface area contributed by atoms with E-state index in [2.05, 4.69) is 15.6 Å². The molecule has 1 aliphatic heterocycles. The summed E-state index contributed by atoms with van der Waals surface area (Å²) < 4.78 is 0. The Labute approximate surface area is 72.2 Å². The Morgan fingerprint density at radius 2 is 2.42 bits per heavy atom. The molecule has 0 atom stereocenters. The maximum absolute atomic E-state index is 4.23. The second-order valence-corrected chi connectivity index (χ2v) is 3.06. The van der Waals surface area contributed by atoms with Gasteiger partial charge in [0.15, 0.2) is 0 Å². The summed E-state index contributed by atoms with van der Waals surface area (Å²) in [6.07, 6.45) is 1.83. The lowest BCUT2D eigenvalue weighted by Crippen LogP contribution is -2.55. The molecule has 0 unspecified atom stereocenters. The number of hydrogen-bond acceptors (Lipinski definition) is 3. The van der Waals surface area contributed by atoms with Crippen molar-refractivity contribution in [3.63, 3.8) is 0 Å². The van der Waals surface area contributed by atoms with Crippen LogP contribution in [0.15, 0.2) is 24.4 Å². The van der Waals surface area contributed by atoms with Crippen molar-refractivity contribution in [1.82, 2.24) is 15.6 Å². The first-order valence-electron chi connectivity index (χ1n) is 4.29. The van der Waals surface area contributed by atoms with Crippen molar-refractivity contribution in [2.45, 2.75) is 12.6 Å². The van der Waals surface area contributed by atoms with E-state index in [1.54, 1.807) is 0 Å². The summed E-state index contributed by atoms with van der Waals surface area (Å²) in [5, 5.41) is 6.62. The molecule has 2 rings (SSSR count). The monoisotopic (exact) mass is 163 g/mol. The lowest BCUT2D eigenvalue weighted by molar-refractivity contribution is 0.364. The minimum absolute atomic E-state index is 0.645. The van der Waals surface area contributed by atoms with Gasteiger partial charge < -0.3 is 10.6 Å². The van der Waals surface area contributed by atoms with Gasteiger partial charge in [0, 0.05) is 31.9 Å². The van der Waals surface area contributed by atoms with Gasteiger partial charge in [-0.05, 0) is 12.1 Å². The van der Waals surface area contributed by atoms with Gasteiger partial charge in [-0.2, -0.15) is 0 Å². The van der Waals surface area contributed by atoms with E-state index >= 15 is 0 Å². The maximum Gasteiger partial charge on any atom is 0.0541 e. The van der Waals surface area contributed by atoms with Gasteiger partial charge in [-0.1, -0.05) is 6.07 Å². The molecule has 0 aliphatic carbocycles. The predicted octanol–water partition coefficient (Wildman–Crippen LogP) is 0.143. The van der Waals surface area contributed by atoms with Crippen LogP contribution in [0.2, 0.25) is 0 Å². The second kappa shape index (κ2) is 3.65. The van der Waals surface area contributed by atoms with Crippen molar-refractivity contribution in [2.75, 3.05) is 13.1 Å². The Morgan fingerprint density at radius 1 is 1.50 bits per heavy atom. The Kier molecular flexibility index (Phi) is 2.34. The third-order valence-corrected chi connectivity index (χ3v) is 2.08. The summed E-state index contributed by atoms with van der Waals surface area (Å²) in [6.45, 7) is 3.06. The van der Waals surface area contributed by atoms with Crippen LogP contribution < -0.4 is 10.6 Å². The lowest BCUT2D eigenvalue weighted by Gasteiger charge is -2.27. The average Bonchev–Trinajstić information content (AvgIpc) is 2.04. The minimum Gasteiger partial charge on any atom is -0.314 e. The molecule has 12 heavy (non-hydrogen) atoms. The Balaban J connectivity index is 1.79. The molecule has 64 valence electrons. The average molecular weight is 163 g/mol. The number of nitrogens with one attached hydrogen (secondary N) is 2. The van der Waals surface area contributed by atoms with Crippen molar-refractivity contribution >= 4 is 0 Å². The van der Waals surface area contributed by atoms with E-state index in [-0.39, 0.29) is 0 Å². The van der Waals surface area contributed by atoms with Gasteiger partial charge in [0.1, 0.15) is 0 Å². The molecular weight excluding hydrogens is 150 g/mol. The molecule has 0 bridgehead atoms. The number of nitrogens with zero attached hydrogens (tertiary/aromatic N) is 1. The summed E-state index contributed by atoms with van der Waals surface area (Å²) in [5.74, 6) is 0. The number of aromatic nitrogens is 1. The number of pyridine rings is 1. The lowest BCUT2D eigenvalue weighted by atomic mass is 10.2. The summed E-state index contributed by atoms with van der Waals surface area (Å²) >= 11 is 0. The van der Waals surface area contributed by atoms with E-state index in [0.717, 1.165) is 25.3 Å². The van der Waals surface area contributed by atoms with Crippen molar-refractivity contribution < 1.29 is 0 Å². The molecule has 0 amide bonds. The fraction of sp³-hybridized carbons (Fsp3) is 0.444. The van der Waals surface area contributed by atoms with Crippen molar-refractivity contribution in [3.8, 4) is 0 Å². The van der Waals surface area contributed by atoms with Crippen LogP contribution in [0.1, 0.15) is 5.69 Å².